The monoisotopic (exact) mass is 444 g/mol. The lowest BCUT2D eigenvalue weighted by Crippen LogP contribution is -2.36. The average Bonchev–Trinajstić information content (AvgIpc) is 2.72. The normalized spacial score (nSPS) is 14.2. The summed E-state index contributed by atoms with van der Waals surface area (Å²) in [6.07, 6.45) is 1.06. The summed E-state index contributed by atoms with van der Waals surface area (Å²) in [5.41, 5.74) is 8.16. The second-order valence-electron chi connectivity index (χ2n) is 7.08. The van der Waals surface area contributed by atoms with Crippen LogP contribution in [0.2, 0.25) is 0 Å². The van der Waals surface area contributed by atoms with Gasteiger partial charge in [-0.25, -0.2) is 21.6 Å². The highest BCUT2D eigenvalue weighted by Gasteiger charge is 2.27. The van der Waals surface area contributed by atoms with Crippen LogP contribution in [0, 0.1) is 0 Å². The number of sulfone groups is 1. The van der Waals surface area contributed by atoms with E-state index in [9.17, 15) is 16.8 Å². The van der Waals surface area contributed by atoms with Crippen molar-refractivity contribution in [1.29, 1.82) is 0 Å². The van der Waals surface area contributed by atoms with Gasteiger partial charge in [0.05, 0.1) is 22.7 Å². The molecular formula is C22H24N2O4S2. The quantitative estimate of drug-likeness (QED) is 0.556. The Bertz CT molecular complexity index is 1200. The first kappa shape index (κ1) is 22.2. The van der Waals surface area contributed by atoms with Crippen molar-refractivity contribution >= 4 is 19.9 Å². The maximum absolute atomic E-state index is 13.0. The molecule has 0 fully saturated rings. The van der Waals surface area contributed by atoms with Gasteiger partial charge in [-0.05, 0) is 22.8 Å². The predicted octanol–water partition coefficient (Wildman–Crippen LogP) is 2.95. The third-order valence-electron chi connectivity index (χ3n) is 4.73. The number of hydrogen-bond donors (Lipinski definition) is 2. The summed E-state index contributed by atoms with van der Waals surface area (Å²) >= 11 is 0. The number of nitrogens with two attached hydrogens (primary N) is 1. The maximum Gasteiger partial charge on any atom is 0.216 e. The van der Waals surface area contributed by atoms with E-state index in [1.54, 1.807) is 24.3 Å². The van der Waals surface area contributed by atoms with Gasteiger partial charge in [0, 0.05) is 6.26 Å². The molecule has 3 N–H and O–H groups in total. The van der Waals surface area contributed by atoms with Crippen LogP contribution < -0.4 is 10.5 Å². The van der Waals surface area contributed by atoms with Crippen molar-refractivity contribution < 1.29 is 16.8 Å². The summed E-state index contributed by atoms with van der Waals surface area (Å²) in [6.45, 7) is 0. The molecule has 3 aromatic carbocycles. The van der Waals surface area contributed by atoms with E-state index < -0.39 is 37.7 Å². The Labute approximate surface area is 177 Å². The van der Waals surface area contributed by atoms with Gasteiger partial charge in [0.15, 0.2) is 9.84 Å². The van der Waals surface area contributed by atoms with Crippen molar-refractivity contribution in [3.05, 3.63) is 102 Å². The van der Waals surface area contributed by atoms with E-state index in [2.05, 4.69) is 4.72 Å². The Morgan fingerprint density at radius 2 is 1.27 bits per heavy atom. The smallest absolute Gasteiger partial charge is 0.216 e. The van der Waals surface area contributed by atoms with Crippen LogP contribution in [0.3, 0.4) is 0 Å². The Morgan fingerprint density at radius 1 is 0.767 bits per heavy atom. The Morgan fingerprint density at radius 3 is 1.83 bits per heavy atom. The topological polar surface area (TPSA) is 106 Å². The fraction of sp³-hybridized carbons (Fsp3) is 0.182. The summed E-state index contributed by atoms with van der Waals surface area (Å²) < 4.78 is 52.8. The largest absolute Gasteiger partial charge is 0.322 e. The molecule has 0 heterocycles. The van der Waals surface area contributed by atoms with Crippen molar-refractivity contribution in [1.82, 2.24) is 4.72 Å². The van der Waals surface area contributed by atoms with Gasteiger partial charge in [0.25, 0.3) is 0 Å². The van der Waals surface area contributed by atoms with Gasteiger partial charge < -0.3 is 5.73 Å². The molecule has 2 unspecified atom stereocenters. The van der Waals surface area contributed by atoms with E-state index in [4.69, 9.17) is 5.73 Å². The second-order valence-corrected chi connectivity index (χ2v) is 10.8. The lowest BCUT2D eigenvalue weighted by molar-refractivity contribution is 0.503. The van der Waals surface area contributed by atoms with E-state index in [-0.39, 0.29) is 10.5 Å². The van der Waals surface area contributed by atoms with E-state index in [0.717, 1.165) is 11.8 Å². The molecule has 158 valence electrons. The lowest BCUT2D eigenvalue weighted by atomic mass is 9.95. The molecule has 6 nitrogen and oxygen atoms in total. The number of nitrogens with one attached hydrogen (secondary N) is 1. The minimum absolute atomic E-state index is 0.000932. The fourth-order valence-corrected chi connectivity index (χ4v) is 5.75. The van der Waals surface area contributed by atoms with Crippen LogP contribution in [-0.4, -0.2) is 23.1 Å². The summed E-state index contributed by atoms with van der Waals surface area (Å²) in [5, 5.41) is 0. The lowest BCUT2D eigenvalue weighted by Gasteiger charge is -2.26. The summed E-state index contributed by atoms with van der Waals surface area (Å²) in [5.74, 6) is -0.471. The molecular weight excluding hydrogens is 420 g/mol. The zero-order valence-electron chi connectivity index (χ0n) is 16.5. The molecule has 8 heteroatoms. The Kier molecular flexibility index (Phi) is 6.72. The molecule has 0 aromatic heterocycles. The van der Waals surface area contributed by atoms with Crippen molar-refractivity contribution in [3.63, 3.8) is 0 Å². The molecule has 0 saturated carbocycles. The van der Waals surface area contributed by atoms with Gasteiger partial charge >= 0.3 is 0 Å². The molecule has 0 aliphatic heterocycles. The summed E-state index contributed by atoms with van der Waals surface area (Å²) in [6, 6.07) is 23.0. The molecule has 0 bridgehead atoms. The van der Waals surface area contributed by atoms with Crippen LogP contribution in [0.15, 0.2) is 89.8 Å². The molecule has 0 amide bonds. The van der Waals surface area contributed by atoms with Crippen LogP contribution in [0.25, 0.3) is 0 Å². The molecule has 2 atom stereocenters. The van der Waals surface area contributed by atoms with Gasteiger partial charge in [-0.3, -0.25) is 0 Å². The summed E-state index contributed by atoms with van der Waals surface area (Å²) in [4.78, 5) is -0.000932. The molecule has 0 aliphatic rings. The predicted molar refractivity (Wildman–Crippen MR) is 118 cm³/mol. The molecule has 0 saturated heterocycles. The van der Waals surface area contributed by atoms with Crippen LogP contribution in [0.4, 0.5) is 0 Å². The highest BCUT2D eigenvalue weighted by Crippen LogP contribution is 2.28. The highest BCUT2D eigenvalue weighted by atomic mass is 32.2. The molecule has 3 aromatic rings. The van der Waals surface area contributed by atoms with Gasteiger partial charge in [-0.1, -0.05) is 78.9 Å². The van der Waals surface area contributed by atoms with Crippen LogP contribution in [-0.2, 0) is 25.6 Å². The standard InChI is InChI=1S/C22H24N2O4S2/c1-29(25,26)20-15-9-8-14-19(20)16-30(27,28)24-22(18-12-6-3-7-13-18)21(23)17-10-4-2-5-11-17/h2-15,21-22,24H,16,23H2,1H3. The van der Waals surface area contributed by atoms with Crippen LogP contribution in [0.5, 0.6) is 0 Å². The van der Waals surface area contributed by atoms with Gasteiger partial charge in [-0.15, -0.1) is 0 Å². The van der Waals surface area contributed by atoms with E-state index in [1.165, 1.54) is 12.1 Å². The van der Waals surface area contributed by atoms with Crippen molar-refractivity contribution in [2.24, 2.45) is 5.73 Å². The SMILES string of the molecule is CS(=O)(=O)c1ccccc1CS(=O)(=O)NC(c1ccccc1)C(N)c1ccccc1. The first-order valence-corrected chi connectivity index (χ1v) is 12.9. The molecule has 0 radical (unpaired) electrons. The minimum atomic E-state index is -3.91. The summed E-state index contributed by atoms with van der Waals surface area (Å²) in [7, 11) is -7.47. The molecule has 3 rings (SSSR count). The van der Waals surface area contributed by atoms with Gasteiger partial charge in [0.1, 0.15) is 0 Å². The van der Waals surface area contributed by atoms with Gasteiger partial charge in [0.2, 0.25) is 10.0 Å². The van der Waals surface area contributed by atoms with E-state index in [0.29, 0.717) is 5.56 Å². The number of sulfonamides is 1. The number of rotatable bonds is 8. The average molecular weight is 445 g/mol. The molecule has 0 spiro atoms. The molecule has 30 heavy (non-hydrogen) atoms. The Balaban J connectivity index is 1.95. The molecule has 0 aliphatic carbocycles. The number of hydrogen-bond acceptors (Lipinski definition) is 5. The first-order chi connectivity index (χ1) is 14.2. The first-order valence-electron chi connectivity index (χ1n) is 9.31. The van der Waals surface area contributed by atoms with E-state index in [1.807, 2.05) is 48.5 Å². The van der Waals surface area contributed by atoms with Crippen LogP contribution in [0.1, 0.15) is 28.8 Å². The maximum atomic E-state index is 13.0. The van der Waals surface area contributed by atoms with Crippen molar-refractivity contribution in [2.75, 3.05) is 6.26 Å². The Hall–Kier alpha value is -2.52. The van der Waals surface area contributed by atoms with Crippen molar-refractivity contribution in [2.45, 2.75) is 22.7 Å². The zero-order valence-corrected chi connectivity index (χ0v) is 18.1. The van der Waals surface area contributed by atoms with E-state index >= 15 is 0 Å². The third kappa shape index (κ3) is 5.54. The zero-order chi connectivity index (χ0) is 21.8. The second kappa shape index (κ2) is 9.09. The fourth-order valence-electron chi connectivity index (χ4n) is 3.30. The van der Waals surface area contributed by atoms with Crippen LogP contribution >= 0.6 is 0 Å². The minimum Gasteiger partial charge on any atom is -0.322 e. The van der Waals surface area contributed by atoms with Crippen molar-refractivity contribution in [3.8, 4) is 0 Å². The number of benzene rings is 3. The van der Waals surface area contributed by atoms with Gasteiger partial charge in [-0.2, -0.15) is 0 Å². The highest BCUT2D eigenvalue weighted by molar-refractivity contribution is 7.91. The third-order valence-corrected chi connectivity index (χ3v) is 7.23.